The first-order valence-corrected chi connectivity index (χ1v) is 24.9. The van der Waals surface area contributed by atoms with Gasteiger partial charge in [-0.25, -0.2) is 24.2 Å². The molecular formula is C59H57AcNO15. The van der Waals surface area contributed by atoms with Gasteiger partial charge in [0.1, 0.15) is 47.1 Å². The Kier molecular flexibility index (Phi) is 15.8. The number of Topliss-reactive ketones (excluding diaryl/α,β-unsaturated/α-hetero) is 1. The van der Waals surface area contributed by atoms with E-state index >= 15 is 4.79 Å². The van der Waals surface area contributed by atoms with Gasteiger partial charge >= 0.3 is 23.9 Å². The van der Waals surface area contributed by atoms with E-state index in [1.807, 2.05) is 48.5 Å². The minimum Gasteiger partial charge on any atom is -0.482 e. The number of benzene rings is 5. The molecule has 76 heavy (non-hydrogen) atoms. The molecule has 5 aromatic carbocycles. The Morgan fingerprint density at radius 2 is 1.24 bits per heavy atom. The number of carbonyl (C=O) groups is 5. The second kappa shape index (κ2) is 22.0. The first-order chi connectivity index (χ1) is 36.0. The van der Waals surface area contributed by atoms with Gasteiger partial charge < -0.3 is 48.1 Å². The predicted molar refractivity (Wildman–Crippen MR) is 268 cm³/mol. The Bertz CT molecular complexity index is 3010. The summed E-state index contributed by atoms with van der Waals surface area (Å²) < 4.78 is 49.5. The summed E-state index contributed by atoms with van der Waals surface area (Å²) in [6.07, 6.45) is -9.86. The largest absolute Gasteiger partial charge is 0.482 e. The van der Waals surface area contributed by atoms with Gasteiger partial charge in [-0.1, -0.05) is 117 Å². The topological polar surface area (TPSA) is 212 Å². The summed E-state index contributed by atoms with van der Waals surface area (Å²) in [6, 6.07) is 42.2. The Morgan fingerprint density at radius 3 is 1.80 bits per heavy atom. The van der Waals surface area contributed by atoms with Crippen molar-refractivity contribution >= 4 is 35.6 Å². The van der Waals surface area contributed by atoms with Crippen LogP contribution in [0, 0.1) is 60.8 Å². The fourth-order valence-electron chi connectivity index (χ4n) is 11.7. The number of para-hydroxylation sites is 2. The number of hydrogen-bond donors (Lipinski definition) is 2. The Balaban J connectivity index is 0.00000706. The second-order valence-electron chi connectivity index (χ2n) is 20.4. The summed E-state index contributed by atoms with van der Waals surface area (Å²) in [5.74, 6) is -5.32. The first-order valence-electron chi connectivity index (χ1n) is 24.9. The molecular weight excluding hydrogens is 1190 g/mol. The molecule has 5 aromatic rings. The smallest absolute Gasteiger partial charge is 0.350 e. The molecule has 3 aliphatic carbocycles. The van der Waals surface area contributed by atoms with Gasteiger partial charge in [-0.2, -0.15) is 0 Å². The number of ketones is 1. The monoisotopic (exact) mass is 1250 g/mol. The fraction of sp³-hybridized carbons (Fsp3) is 0.356. The van der Waals surface area contributed by atoms with E-state index in [9.17, 15) is 29.4 Å². The van der Waals surface area contributed by atoms with Crippen LogP contribution in [-0.4, -0.2) is 113 Å². The van der Waals surface area contributed by atoms with Gasteiger partial charge in [-0.15, -0.1) is 0 Å². The van der Waals surface area contributed by atoms with Crippen molar-refractivity contribution in [1.29, 1.82) is 0 Å². The number of carbonyl (C=O) groups excluding carboxylic acids is 5. The molecule has 1 saturated heterocycles. The number of fused-ring (bicyclic) bond motifs is 5. The normalized spacial score (nSPS) is 29.9. The zero-order valence-electron chi connectivity index (χ0n) is 42.3. The minimum atomic E-state index is -2.41. The van der Waals surface area contributed by atoms with Gasteiger partial charge in [0.25, 0.3) is 0 Å². The van der Waals surface area contributed by atoms with Crippen molar-refractivity contribution in [3.05, 3.63) is 179 Å². The van der Waals surface area contributed by atoms with Gasteiger partial charge in [0.05, 0.1) is 23.7 Å². The predicted octanol–water partition coefficient (Wildman–Crippen LogP) is 6.91. The Labute approximate surface area is 475 Å². The van der Waals surface area contributed by atoms with E-state index in [1.165, 1.54) is 19.1 Å². The molecule has 2 aliphatic heterocycles. The average molecular weight is 1250 g/mol. The summed E-state index contributed by atoms with van der Waals surface area (Å²) in [5, 5.41) is 27.2. The van der Waals surface area contributed by atoms with Crippen LogP contribution < -0.4 is 9.47 Å². The number of esters is 4. The number of ether oxygens (including phenoxy) is 8. The van der Waals surface area contributed by atoms with Crippen LogP contribution in [0.2, 0.25) is 0 Å². The van der Waals surface area contributed by atoms with Gasteiger partial charge in [-0.3, -0.25) is 4.79 Å². The Hall–Kier alpha value is -6.22. The minimum absolute atomic E-state index is 0. The van der Waals surface area contributed by atoms with Crippen LogP contribution in [0.5, 0.6) is 11.5 Å². The fourth-order valence-corrected chi connectivity index (χ4v) is 11.7. The van der Waals surface area contributed by atoms with Crippen LogP contribution in [0.3, 0.4) is 0 Å². The molecule has 0 amide bonds. The SMILES string of the molecule is CC1=C2C(OC(=O)COc3ccccc3)C(=O)C3(C)C(OC(=O)COc4ccccc4)CC4OCC4(O)C3[C@H](OC(=O)c3ccccc3)C(O)(CC1OC(=O)C1OC(c3ccccc3)=NC1c1ccccc1)C2(C)C.[Ac]. The second-order valence-corrected chi connectivity index (χ2v) is 20.4. The third-order valence-electron chi connectivity index (χ3n) is 15.7. The molecule has 2 heterocycles. The average Bonchev–Trinajstić information content (AvgIpc) is 3.88. The van der Waals surface area contributed by atoms with Gasteiger partial charge in [0.2, 0.25) is 12.0 Å². The molecule has 11 atom stereocenters. The zero-order valence-corrected chi connectivity index (χ0v) is 47.1. The number of aliphatic imine (C=N–C) groups is 1. The van der Waals surface area contributed by atoms with E-state index in [0.29, 0.717) is 22.6 Å². The van der Waals surface area contributed by atoms with Crippen molar-refractivity contribution in [2.45, 2.75) is 94.4 Å². The molecule has 16 nitrogen and oxygen atoms in total. The maximum absolute atomic E-state index is 16.4. The van der Waals surface area contributed by atoms with E-state index < -0.39 is 127 Å². The molecule has 0 aromatic heterocycles. The van der Waals surface area contributed by atoms with Crippen molar-refractivity contribution in [3.63, 3.8) is 0 Å². The van der Waals surface area contributed by atoms with Crippen LogP contribution in [0.25, 0.3) is 0 Å². The van der Waals surface area contributed by atoms with Crippen LogP contribution in [0.1, 0.15) is 68.1 Å². The first kappa shape index (κ1) is 54.6. The Morgan fingerprint density at radius 1 is 0.697 bits per heavy atom. The summed E-state index contributed by atoms with van der Waals surface area (Å²) >= 11 is 0. The van der Waals surface area contributed by atoms with Gasteiger partial charge in [0.15, 0.2) is 25.1 Å². The van der Waals surface area contributed by atoms with Crippen molar-refractivity contribution in [1.82, 2.24) is 0 Å². The van der Waals surface area contributed by atoms with Gasteiger partial charge in [0, 0.05) is 73.8 Å². The number of nitrogens with zero attached hydrogens (tertiary/aromatic N) is 1. The molecule has 5 aliphatic rings. The molecule has 1 radical (unpaired) electrons. The van der Waals surface area contributed by atoms with Crippen LogP contribution in [0.15, 0.2) is 168 Å². The summed E-state index contributed by atoms with van der Waals surface area (Å²) in [5.41, 5.74) is -6.72. The van der Waals surface area contributed by atoms with E-state index in [0.717, 1.165) is 0 Å². The molecule has 17 heteroatoms. The van der Waals surface area contributed by atoms with E-state index in [2.05, 4.69) is 0 Å². The number of hydrogen-bond acceptors (Lipinski definition) is 16. The molecule has 10 rings (SSSR count). The van der Waals surface area contributed by atoms with Crippen LogP contribution in [-0.2, 0) is 47.6 Å². The number of rotatable bonds is 14. The summed E-state index contributed by atoms with van der Waals surface area (Å²) in [7, 11) is 0. The third-order valence-corrected chi connectivity index (χ3v) is 15.7. The molecule has 2 saturated carbocycles. The van der Waals surface area contributed by atoms with Crippen molar-refractivity contribution in [2.24, 2.45) is 21.7 Å². The molecule has 391 valence electrons. The quantitative estimate of drug-likeness (QED) is 0.0657. The van der Waals surface area contributed by atoms with Crippen molar-refractivity contribution < 1.29 is 116 Å². The van der Waals surface area contributed by atoms with Crippen molar-refractivity contribution in [2.75, 3.05) is 19.8 Å². The summed E-state index contributed by atoms with van der Waals surface area (Å²) in [6.45, 7) is 4.62. The standard InChI is InChI=1S/C59H57NO15.Ac/c1-35-41(71-55(65)49-47(36-20-10-5-11-21-36)60-53(74-49)37-22-12-6-13-23-37)31-59(67)52(75-54(64)38-24-14-7-15-25-38)50-57(4,42(30-43-58(50,66)34-70-43)72-44(61)32-68-39-26-16-8-17-27-39)51(63)48(46(35)56(59,2)3)73-45(62)33-69-40-28-18-9-19-29-40;/h5-29,41-43,47-50,52,66-67H,30-34H2,1-4H3;/t41?,42?,43?,47?,48?,49?,50?,52-,57?,58?,59?;/m0./s1. The van der Waals surface area contributed by atoms with E-state index in [-0.39, 0.29) is 73.1 Å². The van der Waals surface area contributed by atoms with Gasteiger partial charge in [-0.05, 0) is 79.1 Å². The summed E-state index contributed by atoms with van der Waals surface area (Å²) in [4.78, 5) is 79.2. The van der Waals surface area contributed by atoms with E-state index in [1.54, 1.807) is 112 Å². The molecule has 0 spiro atoms. The maximum atomic E-state index is 16.4. The maximum Gasteiger partial charge on any atom is 0.350 e. The van der Waals surface area contributed by atoms with Crippen molar-refractivity contribution in [3.8, 4) is 11.5 Å². The molecule has 10 unspecified atom stereocenters. The molecule has 3 fully saturated rings. The zero-order chi connectivity index (χ0) is 52.7. The molecule has 2 N–H and O–H groups in total. The van der Waals surface area contributed by atoms with Crippen LogP contribution in [0.4, 0.5) is 0 Å². The van der Waals surface area contributed by atoms with E-state index in [4.69, 9.17) is 42.9 Å². The number of aliphatic hydroxyl groups is 2. The third kappa shape index (κ3) is 10.0. The molecule has 2 bridgehead atoms. The van der Waals surface area contributed by atoms with Crippen LogP contribution >= 0.6 is 0 Å².